The summed E-state index contributed by atoms with van der Waals surface area (Å²) < 4.78 is 19.3. The fourth-order valence-electron chi connectivity index (χ4n) is 2.19. The maximum Gasteiger partial charge on any atom is 0.223 e. The molecule has 0 aromatic heterocycles. The van der Waals surface area contributed by atoms with Crippen LogP contribution in [0.2, 0.25) is 0 Å². The van der Waals surface area contributed by atoms with Gasteiger partial charge < -0.3 is 14.7 Å². The Kier molecular flexibility index (Phi) is 5.51. The van der Waals surface area contributed by atoms with Gasteiger partial charge >= 0.3 is 0 Å². The molecule has 6 heteroatoms. The molecule has 0 spiro atoms. The Hall–Kier alpha value is -0.980. The molecule has 1 heterocycles. The van der Waals surface area contributed by atoms with Gasteiger partial charge in [-0.1, -0.05) is 15.9 Å². The van der Waals surface area contributed by atoms with Gasteiger partial charge in [0.15, 0.2) is 0 Å². The zero-order valence-corrected chi connectivity index (χ0v) is 12.6. The molecule has 1 aromatic carbocycles. The molecule has 20 heavy (non-hydrogen) atoms. The summed E-state index contributed by atoms with van der Waals surface area (Å²) >= 11 is 3.35. The number of amides is 1. The number of aryl methyl sites for hydroxylation is 1. The molecule has 0 radical (unpaired) electrons. The first-order valence-corrected chi connectivity index (χ1v) is 7.33. The van der Waals surface area contributed by atoms with Gasteiger partial charge in [0, 0.05) is 24.0 Å². The lowest BCUT2D eigenvalue weighted by atomic mass is 10.1. The summed E-state index contributed by atoms with van der Waals surface area (Å²) in [5, 5.41) is 9.05. The Labute approximate surface area is 125 Å². The largest absolute Gasteiger partial charge is 0.394 e. The number of benzene rings is 1. The topological polar surface area (TPSA) is 49.8 Å². The minimum atomic E-state index is -0.303. The van der Waals surface area contributed by atoms with Crippen LogP contribution in [0.3, 0.4) is 0 Å². The van der Waals surface area contributed by atoms with Crippen LogP contribution in [0.15, 0.2) is 22.7 Å². The quantitative estimate of drug-likeness (QED) is 0.904. The van der Waals surface area contributed by atoms with Crippen LogP contribution in [-0.2, 0) is 16.0 Å². The zero-order valence-electron chi connectivity index (χ0n) is 11.0. The van der Waals surface area contributed by atoms with Crippen molar-refractivity contribution in [1.82, 2.24) is 4.90 Å². The summed E-state index contributed by atoms with van der Waals surface area (Å²) in [6.45, 7) is 1.32. The number of halogens is 2. The monoisotopic (exact) mass is 345 g/mol. The summed E-state index contributed by atoms with van der Waals surface area (Å²) in [5.41, 5.74) is 0.783. The highest BCUT2D eigenvalue weighted by molar-refractivity contribution is 9.10. The molecule has 1 aliphatic heterocycles. The molecule has 1 fully saturated rings. The first-order valence-electron chi connectivity index (χ1n) is 6.54. The third-order valence-corrected chi connectivity index (χ3v) is 4.08. The minimum Gasteiger partial charge on any atom is -0.394 e. The van der Waals surface area contributed by atoms with Gasteiger partial charge in [0.2, 0.25) is 5.91 Å². The summed E-state index contributed by atoms with van der Waals surface area (Å²) in [5.74, 6) is -0.301. The smallest absolute Gasteiger partial charge is 0.223 e. The van der Waals surface area contributed by atoms with Gasteiger partial charge in [-0.25, -0.2) is 4.39 Å². The normalized spacial score (nSPS) is 19.1. The lowest BCUT2D eigenvalue weighted by Crippen LogP contribution is -2.46. The fourth-order valence-corrected chi connectivity index (χ4v) is 2.64. The summed E-state index contributed by atoms with van der Waals surface area (Å²) in [7, 11) is 0. The molecule has 1 saturated heterocycles. The molecule has 1 N–H and O–H groups in total. The van der Waals surface area contributed by atoms with Crippen LogP contribution < -0.4 is 0 Å². The molecule has 2 rings (SSSR count). The van der Waals surface area contributed by atoms with E-state index < -0.39 is 0 Å². The minimum absolute atomic E-state index is 0.00270. The van der Waals surface area contributed by atoms with Gasteiger partial charge in [0.05, 0.1) is 19.3 Å². The van der Waals surface area contributed by atoms with Crippen LogP contribution in [0.4, 0.5) is 4.39 Å². The molecule has 1 unspecified atom stereocenters. The average Bonchev–Trinajstić information content (AvgIpc) is 2.48. The van der Waals surface area contributed by atoms with E-state index in [1.54, 1.807) is 11.0 Å². The van der Waals surface area contributed by atoms with Crippen molar-refractivity contribution in [2.24, 2.45) is 0 Å². The zero-order chi connectivity index (χ0) is 14.5. The van der Waals surface area contributed by atoms with Gasteiger partial charge in [0.25, 0.3) is 0 Å². The number of ether oxygens (including phenoxy) is 1. The molecular formula is C14H17BrFNO3. The first kappa shape index (κ1) is 15.4. The van der Waals surface area contributed by atoms with E-state index in [0.29, 0.717) is 32.5 Å². The van der Waals surface area contributed by atoms with E-state index in [4.69, 9.17) is 9.84 Å². The highest BCUT2D eigenvalue weighted by Gasteiger charge is 2.23. The van der Waals surface area contributed by atoms with Crippen molar-refractivity contribution in [2.45, 2.75) is 18.9 Å². The Morgan fingerprint density at radius 1 is 1.55 bits per heavy atom. The summed E-state index contributed by atoms with van der Waals surface area (Å²) in [6.07, 6.45) is 0.507. The molecular weight excluding hydrogens is 329 g/mol. The van der Waals surface area contributed by atoms with E-state index in [1.807, 2.05) is 0 Å². The number of carbonyl (C=O) groups excluding carboxylic acids is 1. The number of aliphatic hydroxyl groups excluding tert-OH is 1. The molecule has 0 bridgehead atoms. The average molecular weight is 346 g/mol. The molecule has 0 saturated carbocycles. The molecule has 0 aliphatic carbocycles. The summed E-state index contributed by atoms with van der Waals surface area (Å²) in [6, 6.07) is 4.46. The van der Waals surface area contributed by atoms with Crippen LogP contribution in [-0.4, -0.2) is 48.3 Å². The Morgan fingerprint density at radius 3 is 3.10 bits per heavy atom. The van der Waals surface area contributed by atoms with Gasteiger partial charge in [-0.15, -0.1) is 0 Å². The molecule has 1 aliphatic rings. The molecule has 110 valence electrons. The third-order valence-electron chi connectivity index (χ3n) is 3.31. The lowest BCUT2D eigenvalue weighted by molar-refractivity contribution is -0.140. The number of carbonyl (C=O) groups is 1. The predicted molar refractivity (Wildman–Crippen MR) is 75.8 cm³/mol. The molecule has 4 nitrogen and oxygen atoms in total. The second-order valence-electron chi connectivity index (χ2n) is 4.75. The Morgan fingerprint density at radius 2 is 2.35 bits per heavy atom. The number of hydrogen-bond acceptors (Lipinski definition) is 3. The highest BCUT2D eigenvalue weighted by atomic mass is 79.9. The van der Waals surface area contributed by atoms with E-state index in [2.05, 4.69) is 15.9 Å². The molecule has 1 atom stereocenters. The number of nitrogens with zero attached hydrogens (tertiary/aromatic N) is 1. The van der Waals surface area contributed by atoms with E-state index in [0.717, 1.165) is 10.0 Å². The van der Waals surface area contributed by atoms with E-state index in [-0.39, 0.29) is 24.4 Å². The van der Waals surface area contributed by atoms with Crippen molar-refractivity contribution < 1.29 is 19.0 Å². The van der Waals surface area contributed by atoms with E-state index in [9.17, 15) is 9.18 Å². The maximum atomic E-state index is 13.2. The van der Waals surface area contributed by atoms with Crippen molar-refractivity contribution >= 4 is 21.8 Å². The van der Waals surface area contributed by atoms with Crippen LogP contribution in [0, 0.1) is 5.82 Å². The van der Waals surface area contributed by atoms with Gasteiger partial charge in [-0.05, 0) is 30.2 Å². The van der Waals surface area contributed by atoms with Crippen LogP contribution in [0.1, 0.15) is 12.0 Å². The Bertz CT molecular complexity index is 483. The second-order valence-corrected chi connectivity index (χ2v) is 5.61. The van der Waals surface area contributed by atoms with Gasteiger partial charge in [0.1, 0.15) is 5.82 Å². The standard InChI is InChI=1S/C14H17BrFNO3/c15-13-3-2-11(16)7-10(13)1-4-14(19)17-5-6-20-12(8-17)9-18/h2-3,7,12,18H,1,4-6,8-9H2. The van der Waals surface area contributed by atoms with Crippen LogP contribution in [0.25, 0.3) is 0 Å². The second kappa shape index (κ2) is 7.15. The van der Waals surface area contributed by atoms with Gasteiger partial charge in [-0.2, -0.15) is 0 Å². The van der Waals surface area contributed by atoms with E-state index >= 15 is 0 Å². The van der Waals surface area contributed by atoms with E-state index in [1.165, 1.54) is 12.1 Å². The highest BCUT2D eigenvalue weighted by Crippen LogP contribution is 2.20. The van der Waals surface area contributed by atoms with Crippen molar-refractivity contribution in [1.29, 1.82) is 0 Å². The van der Waals surface area contributed by atoms with Crippen molar-refractivity contribution in [3.63, 3.8) is 0 Å². The molecule has 1 aromatic rings. The Balaban J connectivity index is 1.90. The lowest BCUT2D eigenvalue weighted by Gasteiger charge is -2.32. The van der Waals surface area contributed by atoms with Crippen LogP contribution in [0.5, 0.6) is 0 Å². The van der Waals surface area contributed by atoms with Crippen molar-refractivity contribution in [3.05, 3.63) is 34.1 Å². The van der Waals surface area contributed by atoms with Crippen molar-refractivity contribution in [3.8, 4) is 0 Å². The maximum absolute atomic E-state index is 13.2. The fraction of sp³-hybridized carbons (Fsp3) is 0.500. The SMILES string of the molecule is O=C(CCc1cc(F)ccc1Br)N1CCOC(CO)C1. The number of morpholine rings is 1. The first-order chi connectivity index (χ1) is 9.60. The summed E-state index contributed by atoms with van der Waals surface area (Å²) in [4.78, 5) is 13.8. The number of hydrogen-bond donors (Lipinski definition) is 1. The molecule has 1 amide bonds. The van der Waals surface area contributed by atoms with Crippen molar-refractivity contribution in [2.75, 3.05) is 26.3 Å². The third kappa shape index (κ3) is 4.01. The van der Waals surface area contributed by atoms with Crippen LogP contribution >= 0.6 is 15.9 Å². The predicted octanol–water partition coefficient (Wildman–Crippen LogP) is 1.74. The number of aliphatic hydroxyl groups is 1. The van der Waals surface area contributed by atoms with Gasteiger partial charge in [-0.3, -0.25) is 4.79 Å². The number of rotatable bonds is 4.